The van der Waals surface area contributed by atoms with Gasteiger partial charge in [-0.05, 0) is 12.1 Å². The van der Waals surface area contributed by atoms with Crippen LogP contribution in [0.2, 0.25) is 0 Å². The molecule has 1 atom stereocenters. The zero-order valence-electron chi connectivity index (χ0n) is 8.41. The van der Waals surface area contributed by atoms with Gasteiger partial charge >= 0.3 is 5.97 Å². The fourth-order valence-corrected chi connectivity index (χ4v) is 1.21. The molecule has 0 radical (unpaired) electrons. The molecule has 0 aliphatic rings. The summed E-state index contributed by atoms with van der Waals surface area (Å²) in [5.41, 5.74) is -0.647. The minimum Gasteiger partial charge on any atom is -0.479 e. The van der Waals surface area contributed by atoms with Gasteiger partial charge < -0.3 is 14.9 Å². The Bertz CT molecular complexity index is 406. The van der Waals surface area contributed by atoms with Gasteiger partial charge in [-0.2, -0.15) is 0 Å². The van der Waals surface area contributed by atoms with Crippen LogP contribution in [0.4, 0.5) is 8.78 Å². The third kappa shape index (κ3) is 2.53. The Kier molecular flexibility index (Phi) is 3.92. The molecule has 0 aromatic heterocycles. The van der Waals surface area contributed by atoms with E-state index < -0.39 is 29.3 Å². The van der Waals surface area contributed by atoms with E-state index >= 15 is 0 Å². The molecule has 1 aromatic rings. The summed E-state index contributed by atoms with van der Waals surface area (Å²) in [4.78, 5) is 10.4. The van der Waals surface area contributed by atoms with Gasteiger partial charge in [0.05, 0.1) is 6.61 Å². The molecule has 4 nitrogen and oxygen atoms in total. The maximum absolute atomic E-state index is 13.3. The number of carboxylic acid groups (broad SMARTS) is 1. The molecule has 1 unspecified atom stereocenters. The van der Waals surface area contributed by atoms with E-state index in [0.29, 0.717) is 6.07 Å². The molecule has 16 heavy (non-hydrogen) atoms. The van der Waals surface area contributed by atoms with Crippen LogP contribution in [-0.2, 0) is 16.1 Å². The third-order valence-electron chi connectivity index (χ3n) is 1.99. The van der Waals surface area contributed by atoms with Crippen molar-refractivity contribution in [3.8, 4) is 0 Å². The number of rotatable bonds is 4. The van der Waals surface area contributed by atoms with Gasteiger partial charge in [0, 0.05) is 18.2 Å². The maximum atomic E-state index is 13.3. The van der Waals surface area contributed by atoms with E-state index in [1.54, 1.807) is 0 Å². The molecule has 88 valence electrons. The van der Waals surface area contributed by atoms with Crippen molar-refractivity contribution >= 4 is 5.97 Å². The average Bonchev–Trinajstić information content (AvgIpc) is 2.22. The van der Waals surface area contributed by atoms with Gasteiger partial charge in [0.25, 0.3) is 0 Å². The Hall–Kier alpha value is -1.53. The molecule has 1 rings (SSSR count). The van der Waals surface area contributed by atoms with Crippen molar-refractivity contribution in [2.45, 2.75) is 12.7 Å². The number of hydrogen-bond acceptors (Lipinski definition) is 3. The first-order valence-electron chi connectivity index (χ1n) is 4.35. The van der Waals surface area contributed by atoms with Gasteiger partial charge in [-0.15, -0.1) is 0 Å². The lowest BCUT2D eigenvalue weighted by Crippen LogP contribution is -2.13. The topological polar surface area (TPSA) is 66.8 Å². The number of hydrogen-bond donors (Lipinski definition) is 2. The van der Waals surface area contributed by atoms with Crippen molar-refractivity contribution in [2.24, 2.45) is 0 Å². The zero-order chi connectivity index (χ0) is 12.3. The Morgan fingerprint density at radius 2 is 2.06 bits per heavy atom. The summed E-state index contributed by atoms with van der Waals surface area (Å²) in [5.74, 6) is -3.44. The first-order chi connectivity index (χ1) is 7.47. The number of aliphatic hydroxyl groups excluding tert-OH is 1. The molecule has 1 aromatic carbocycles. The molecule has 0 saturated carbocycles. The minimum absolute atomic E-state index is 0.0404. The highest BCUT2D eigenvalue weighted by Crippen LogP contribution is 2.21. The molecule has 0 fully saturated rings. The number of aliphatic carboxylic acids is 1. The Labute approximate surface area is 90.1 Å². The number of carbonyl (C=O) groups is 1. The molecule has 0 heterocycles. The fraction of sp³-hybridized carbons (Fsp3) is 0.300. The third-order valence-corrected chi connectivity index (χ3v) is 1.99. The van der Waals surface area contributed by atoms with Crippen LogP contribution in [0.15, 0.2) is 12.1 Å². The Balaban J connectivity index is 3.14. The van der Waals surface area contributed by atoms with E-state index in [2.05, 4.69) is 4.74 Å². The van der Waals surface area contributed by atoms with Gasteiger partial charge in [0.1, 0.15) is 11.6 Å². The summed E-state index contributed by atoms with van der Waals surface area (Å²) in [5, 5.41) is 17.5. The second kappa shape index (κ2) is 5.00. The molecule has 6 heteroatoms. The van der Waals surface area contributed by atoms with Crippen LogP contribution in [-0.4, -0.2) is 23.3 Å². The molecule has 0 bridgehead atoms. The van der Waals surface area contributed by atoms with Crippen LogP contribution in [0.3, 0.4) is 0 Å². The van der Waals surface area contributed by atoms with Crippen LogP contribution in [0, 0.1) is 11.6 Å². The molecular formula is C10H10F2O4. The molecule has 2 N–H and O–H groups in total. The quantitative estimate of drug-likeness (QED) is 0.819. The van der Waals surface area contributed by atoms with Gasteiger partial charge in [0.2, 0.25) is 0 Å². The van der Waals surface area contributed by atoms with Crippen LogP contribution < -0.4 is 0 Å². The summed E-state index contributed by atoms with van der Waals surface area (Å²) >= 11 is 0. The summed E-state index contributed by atoms with van der Waals surface area (Å²) in [7, 11) is 1.32. The highest BCUT2D eigenvalue weighted by molar-refractivity contribution is 5.74. The summed E-state index contributed by atoms with van der Waals surface area (Å²) in [6.45, 7) is -0.133. The average molecular weight is 232 g/mol. The lowest BCUT2D eigenvalue weighted by Gasteiger charge is -2.09. The van der Waals surface area contributed by atoms with Gasteiger partial charge in [-0.25, -0.2) is 13.6 Å². The Morgan fingerprint density at radius 1 is 1.44 bits per heavy atom. The van der Waals surface area contributed by atoms with Gasteiger partial charge in [0.15, 0.2) is 6.10 Å². The second-order valence-electron chi connectivity index (χ2n) is 3.14. The molecule has 0 amide bonds. The van der Waals surface area contributed by atoms with Crippen molar-refractivity contribution < 1.29 is 28.5 Å². The van der Waals surface area contributed by atoms with Crippen LogP contribution >= 0.6 is 0 Å². The summed E-state index contributed by atoms with van der Waals surface area (Å²) < 4.78 is 31.2. The monoisotopic (exact) mass is 232 g/mol. The Morgan fingerprint density at radius 3 is 2.56 bits per heavy atom. The molecule has 0 aliphatic carbocycles. The van der Waals surface area contributed by atoms with E-state index in [-0.39, 0.29) is 12.2 Å². The predicted molar refractivity (Wildman–Crippen MR) is 49.7 cm³/mol. The standard InChI is InChI=1S/C10H10F2O4/c1-16-4-5-2-8(12)6(3-7(5)11)9(13)10(14)15/h2-3,9,13H,4H2,1H3,(H,14,15). The number of methoxy groups -OCH3 is 1. The van der Waals surface area contributed by atoms with Crippen molar-refractivity contribution in [3.63, 3.8) is 0 Å². The first kappa shape index (κ1) is 12.5. The molecular weight excluding hydrogens is 222 g/mol. The van der Waals surface area contributed by atoms with E-state index in [1.165, 1.54) is 7.11 Å². The first-order valence-corrected chi connectivity index (χ1v) is 4.35. The number of carboxylic acids is 1. The molecule has 0 aliphatic heterocycles. The van der Waals surface area contributed by atoms with E-state index in [0.717, 1.165) is 6.07 Å². The number of aliphatic hydroxyl groups is 1. The SMILES string of the molecule is COCc1cc(F)c(C(O)C(=O)O)cc1F. The van der Waals surface area contributed by atoms with Crippen molar-refractivity contribution in [1.29, 1.82) is 0 Å². The number of halogens is 2. The number of benzene rings is 1. The molecule has 0 spiro atoms. The van der Waals surface area contributed by atoms with Crippen LogP contribution in [0.5, 0.6) is 0 Å². The normalized spacial score (nSPS) is 12.5. The lowest BCUT2D eigenvalue weighted by atomic mass is 10.1. The highest BCUT2D eigenvalue weighted by Gasteiger charge is 2.22. The zero-order valence-corrected chi connectivity index (χ0v) is 8.41. The van der Waals surface area contributed by atoms with Gasteiger partial charge in [-0.3, -0.25) is 0 Å². The number of ether oxygens (including phenoxy) is 1. The smallest absolute Gasteiger partial charge is 0.337 e. The maximum Gasteiger partial charge on any atom is 0.337 e. The van der Waals surface area contributed by atoms with E-state index in [1.807, 2.05) is 0 Å². The second-order valence-corrected chi connectivity index (χ2v) is 3.14. The highest BCUT2D eigenvalue weighted by atomic mass is 19.1. The van der Waals surface area contributed by atoms with E-state index in [9.17, 15) is 13.6 Å². The van der Waals surface area contributed by atoms with Crippen LogP contribution in [0.25, 0.3) is 0 Å². The van der Waals surface area contributed by atoms with Gasteiger partial charge in [-0.1, -0.05) is 0 Å². The summed E-state index contributed by atoms with van der Waals surface area (Å²) in [6, 6.07) is 1.46. The fourth-order valence-electron chi connectivity index (χ4n) is 1.21. The van der Waals surface area contributed by atoms with Crippen molar-refractivity contribution in [1.82, 2.24) is 0 Å². The predicted octanol–water partition coefficient (Wildman–Crippen LogP) is 1.23. The van der Waals surface area contributed by atoms with Crippen molar-refractivity contribution in [2.75, 3.05) is 7.11 Å². The lowest BCUT2D eigenvalue weighted by molar-refractivity contribution is -0.147. The van der Waals surface area contributed by atoms with Crippen LogP contribution in [0.1, 0.15) is 17.2 Å². The van der Waals surface area contributed by atoms with Crippen molar-refractivity contribution in [3.05, 3.63) is 34.9 Å². The largest absolute Gasteiger partial charge is 0.479 e. The molecule has 0 saturated heterocycles. The van der Waals surface area contributed by atoms with E-state index in [4.69, 9.17) is 10.2 Å². The minimum atomic E-state index is -2.08. The summed E-state index contributed by atoms with van der Waals surface area (Å²) in [6.07, 6.45) is -2.08.